The van der Waals surface area contributed by atoms with Crippen molar-refractivity contribution in [2.24, 2.45) is 14.9 Å². The summed E-state index contributed by atoms with van der Waals surface area (Å²) in [7, 11) is 0. The van der Waals surface area contributed by atoms with Gasteiger partial charge in [0.15, 0.2) is 0 Å². The van der Waals surface area contributed by atoms with E-state index in [9.17, 15) is 9.59 Å². The van der Waals surface area contributed by atoms with Gasteiger partial charge in [0.05, 0.1) is 31.8 Å². The van der Waals surface area contributed by atoms with Crippen molar-refractivity contribution in [2.75, 3.05) is 26.4 Å². The molecule has 2 saturated heterocycles. The van der Waals surface area contributed by atoms with Crippen LogP contribution in [0.4, 0.5) is 0 Å². The Kier molecular flexibility index (Phi) is 4.60. The molecule has 0 amide bonds. The fourth-order valence-electron chi connectivity index (χ4n) is 1.41. The summed E-state index contributed by atoms with van der Waals surface area (Å²) in [5.41, 5.74) is -0.582. The van der Waals surface area contributed by atoms with E-state index in [1.54, 1.807) is 0 Å². The van der Waals surface area contributed by atoms with Crippen molar-refractivity contribution in [3.63, 3.8) is 0 Å². The number of hydrogen-bond acceptors (Lipinski definition) is 8. The third-order valence-corrected chi connectivity index (χ3v) is 6.69. The highest BCUT2D eigenvalue weighted by Crippen LogP contribution is 2.60. The SMILES string of the molecule is O=C=NP1(=S)OCC2(CO1)COP(=S)(N=C=O)OC2. The molecule has 0 aromatic rings. The van der Waals surface area contributed by atoms with Crippen LogP contribution < -0.4 is 0 Å². The molecule has 0 atom stereocenters. The maximum atomic E-state index is 10.2. The molecule has 0 N–H and O–H groups in total. The molecule has 19 heavy (non-hydrogen) atoms. The molecule has 0 aromatic heterocycles. The smallest absolute Gasteiger partial charge is 0.311 e. The highest BCUT2D eigenvalue weighted by molar-refractivity contribution is 8.09. The molecule has 0 aliphatic carbocycles. The van der Waals surface area contributed by atoms with Gasteiger partial charge in [-0.15, -0.1) is 9.53 Å². The summed E-state index contributed by atoms with van der Waals surface area (Å²) in [4.78, 5) is 20.4. The van der Waals surface area contributed by atoms with Crippen molar-refractivity contribution in [3.8, 4) is 0 Å². The fourth-order valence-corrected chi connectivity index (χ4v) is 4.57. The van der Waals surface area contributed by atoms with Crippen LogP contribution in [0.3, 0.4) is 0 Å². The predicted molar refractivity (Wildman–Crippen MR) is 71.1 cm³/mol. The number of hydrogen-bond donors (Lipinski definition) is 0. The van der Waals surface area contributed by atoms with Crippen molar-refractivity contribution in [3.05, 3.63) is 0 Å². The molecule has 104 valence electrons. The van der Waals surface area contributed by atoms with Crippen LogP contribution in [0, 0.1) is 5.41 Å². The second kappa shape index (κ2) is 5.72. The third kappa shape index (κ3) is 3.51. The summed E-state index contributed by atoms with van der Waals surface area (Å²) in [5.74, 6) is 0. The van der Waals surface area contributed by atoms with Crippen LogP contribution in [-0.4, -0.2) is 38.6 Å². The zero-order valence-electron chi connectivity index (χ0n) is 9.38. The molecule has 0 unspecified atom stereocenters. The van der Waals surface area contributed by atoms with Crippen LogP contribution in [0.5, 0.6) is 0 Å². The summed E-state index contributed by atoms with van der Waals surface area (Å²) in [5, 5.41) is 0. The molecule has 2 rings (SSSR count). The number of nitrogens with zero attached hydrogens (tertiary/aromatic N) is 2. The molecule has 2 aliphatic rings. The summed E-state index contributed by atoms with van der Waals surface area (Å²) in [6.07, 6.45) is 2.68. The normalized spacial score (nSPS) is 42.1. The van der Waals surface area contributed by atoms with Gasteiger partial charge in [-0.1, -0.05) is 0 Å². The Bertz CT molecular complexity index is 492. The maximum Gasteiger partial charge on any atom is 0.319 e. The van der Waals surface area contributed by atoms with Crippen molar-refractivity contribution in [1.82, 2.24) is 0 Å². The highest BCUT2D eigenvalue weighted by atomic mass is 32.5. The maximum absolute atomic E-state index is 10.2. The van der Waals surface area contributed by atoms with Crippen LogP contribution in [0.25, 0.3) is 0 Å². The van der Waals surface area contributed by atoms with Gasteiger partial charge in [0, 0.05) is 0 Å². The van der Waals surface area contributed by atoms with Crippen LogP contribution in [-0.2, 0) is 51.3 Å². The van der Waals surface area contributed by atoms with Gasteiger partial charge in [-0.3, -0.25) is 0 Å². The Hall–Kier alpha value is -0.100. The van der Waals surface area contributed by atoms with Gasteiger partial charge in [0.2, 0.25) is 12.2 Å². The molecule has 0 aromatic carbocycles. The molecule has 0 radical (unpaired) electrons. The Balaban J connectivity index is 2.03. The number of carbonyl (C=O) groups excluding carboxylic acids is 2. The molecule has 2 heterocycles. The molecular formula is C7H8N2O6P2S2. The minimum absolute atomic E-state index is 0.162. The second-order valence-corrected chi connectivity index (χ2v) is 9.99. The lowest BCUT2D eigenvalue weighted by atomic mass is 9.93. The molecule has 0 saturated carbocycles. The molecule has 12 heteroatoms. The van der Waals surface area contributed by atoms with E-state index >= 15 is 0 Å². The Morgan fingerprint density at radius 3 is 1.42 bits per heavy atom. The van der Waals surface area contributed by atoms with Crippen LogP contribution in [0.2, 0.25) is 0 Å². The molecule has 2 aliphatic heterocycles. The number of rotatable bonds is 2. The van der Waals surface area contributed by atoms with E-state index in [0.29, 0.717) is 0 Å². The summed E-state index contributed by atoms with van der Waals surface area (Å²) < 4.78 is 28.0. The van der Waals surface area contributed by atoms with Crippen molar-refractivity contribution < 1.29 is 27.7 Å². The lowest BCUT2D eigenvalue weighted by Crippen LogP contribution is -2.45. The Morgan fingerprint density at radius 2 is 1.16 bits per heavy atom. The highest BCUT2D eigenvalue weighted by Gasteiger charge is 2.46. The van der Waals surface area contributed by atoms with E-state index in [0.717, 1.165) is 0 Å². The molecule has 2 fully saturated rings. The van der Waals surface area contributed by atoms with Gasteiger partial charge >= 0.3 is 13.3 Å². The first-order valence-corrected chi connectivity index (χ1v) is 10.1. The Labute approximate surface area is 118 Å². The van der Waals surface area contributed by atoms with Crippen LogP contribution in [0.1, 0.15) is 0 Å². The van der Waals surface area contributed by atoms with E-state index < -0.39 is 18.7 Å². The van der Waals surface area contributed by atoms with Crippen molar-refractivity contribution in [2.45, 2.75) is 0 Å². The first-order valence-electron chi connectivity index (χ1n) is 4.92. The van der Waals surface area contributed by atoms with E-state index in [4.69, 9.17) is 41.7 Å². The first-order chi connectivity index (χ1) is 8.95. The summed E-state index contributed by atoms with van der Waals surface area (Å²) in [6, 6.07) is 0. The second-order valence-electron chi connectivity index (χ2n) is 3.91. The van der Waals surface area contributed by atoms with Crippen molar-refractivity contribution >= 4 is 49.1 Å². The summed E-state index contributed by atoms with van der Waals surface area (Å²) >= 11 is 9.93. The van der Waals surface area contributed by atoms with Gasteiger partial charge in [-0.2, -0.15) is 0 Å². The molecular weight excluding hydrogens is 334 g/mol. The summed E-state index contributed by atoms with van der Waals surface area (Å²) in [6.45, 7) is -5.21. The van der Waals surface area contributed by atoms with E-state index in [1.165, 1.54) is 12.2 Å². The zero-order valence-corrected chi connectivity index (χ0v) is 12.8. The quantitative estimate of drug-likeness (QED) is 0.419. The van der Waals surface area contributed by atoms with E-state index in [-0.39, 0.29) is 26.4 Å². The predicted octanol–water partition coefficient (Wildman–Crippen LogP) is 1.19. The first kappa shape index (κ1) is 15.3. The van der Waals surface area contributed by atoms with Crippen molar-refractivity contribution in [1.29, 1.82) is 0 Å². The zero-order chi connectivity index (χ0) is 14.0. The Morgan fingerprint density at radius 1 is 0.842 bits per heavy atom. The average Bonchev–Trinajstić information content (AvgIpc) is 2.38. The van der Waals surface area contributed by atoms with Gasteiger partial charge in [0.25, 0.3) is 0 Å². The van der Waals surface area contributed by atoms with Crippen LogP contribution in [0.15, 0.2) is 9.53 Å². The number of isocyanates is 2. The van der Waals surface area contributed by atoms with E-state index in [1.807, 2.05) is 0 Å². The van der Waals surface area contributed by atoms with Crippen LogP contribution >= 0.6 is 13.3 Å². The third-order valence-electron chi connectivity index (χ3n) is 2.46. The van der Waals surface area contributed by atoms with E-state index in [2.05, 4.69) is 9.53 Å². The largest absolute Gasteiger partial charge is 0.319 e. The fraction of sp³-hybridized carbons (Fsp3) is 0.714. The molecule has 8 nitrogen and oxygen atoms in total. The average molecular weight is 342 g/mol. The van der Waals surface area contributed by atoms with Gasteiger partial charge in [0.1, 0.15) is 0 Å². The van der Waals surface area contributed by atoms with Gasteiger partial charge in [-0.25, -0.2) is 9.59 Å². The lowest BCUT2D eigenvalue weighted by Gasteiger charge is -2.42. The molecule has 0 bridgehead atoms. The minimum atomic E-state index is -2.93. The molecule has 1 spiro atoms. The minimum Gasteiger partial charge on any atom is -0.311 e. The standard InChI is InChI=1S/C7H8N2O6P2S2/c10-5-8-16(18)12-1-7(2-13-16)3-14-17(19,9-6-11)15-4-7/h1-4H2. The van der Waals surface area contributed by atoms with Gasteiger partial charge in [-0.05, 0) is 23.6 Å². The van der Waals surface area contributed by atoms with Gasteiger partial charge < -0.3 is 18.1 Å². The monoisotopic (exact) mass is 342 g/mol. The lowest BCUT2D eigenvalue weighted by molar-refractivity contribution is -0.0543. The topological polar surface area (TPSA) is 95.8 Å².